The first-order chi connectivity index (χ1) is 7.34. The van der Waals surface area contributed by atoms with Crippen LogP contribution in [-0.2, 0) is 6.42 Å². The number of nitrogens with zero attached hydrogens (tertiary/aromatic N) is 1. The lowest BCUT2D eigenvalue weighted by atomic mass is 10.0. The lowest BCUT2D eigenvalue weighted by Crippen LogP contribution is -2.44. The van der Waals surface area contributed by atoms with Crippen LogP contribution >= 0.6 is 0 Å². The largest absolute Gasteiger partial charge is 0.314 e. The van der Waals surface area contributed by atoms with Gasteiger partial charge in [-0.15, -0.1) is 0 Å². The van der Waals surface area contributed by atoms with Gasteiger partial charge in [0.2, 0.25) is 0 Å². The van der Waals surface area contributed by atoms with E-state index in [1.54, 1.807) is 0 Å². The lowest BCUT2D eigenvalue weighted by Gasteiger charge is -2.22. The van der Waals surface area contributed by atoms with Crippen LogP contribution in [0.1, 0.15) is 12.0 Å². The van der Waals surface area contributed by atoms with Gasteiger partial charge in [-0.1, -0.05) is 12.1 Å². The van der Waals surface area contributed by atoms with Crippen LogP contribution < -0.4 is 10.6 Å². The molecule has 1 fully saturated rings. The van der Waals surface area contributed by atoms with Gasteiger partial charge >= 0.3 is 0 Å². The molecule has 2 nitrogen and oxygen atoms in total. The molecule has 1 saturated heterocycles. The molecule has 0 saturated carbocycles. The van der Waals surface area contributed by atoms with Crippen LogP contribution in [0.5, 0.6) is 0 Å². The molecule has 1 heterocycles. The number of benzene rings is 1. The normalized spacial score (nSPS) is 21.5. The van der Waals surface area contributed by atoms with Gasteiger partial charge in [0.15, 0.2) is 0 Å². The molecule has 1 unspecified atom stereocenters. The fourth-order valence-electron chi connectivity index (χ4n) is 1.84. The SMILES string of the molecule is Fc1ccc(CCC2CNCC[N]2)cc1. The molecule has 3 heteroatoms. The standard InChI is InChI=1S/C12H16FN2/c13-11-4-1-10(2-5-11)3-6-12-9-14-7-8-15-12/h1-2,4-5,12,14H,3,6-9H2. The van der Waals surface area contributed by atoms with Crippen molar-refractivity contribution < 1.29 is 4.39 Å². The summed E-state index contributed by atoms with van der Waals surface area (Å²) in [6.45, 7) is 2.92. The zero-order chi connectivity index (χ0) is 10.5. The predicted octanol–water partition coefficient (Wildman–Crippen LogP) is 1.33. The van der Waals surface area contributed by atoms with E-state index in [1.807, 2.05) is 12.1 Å². The molecule has 1 aromatic carbocycles. The van der Waals surface area contributed by atoms with Crippen LogP contribution in [0.4, 0.5) is 4.39 Å². The van der Waals surface area contributed by atoms with Crippen molar-refractivity contribution in [3.63, 3.8) is 0 Å². The minimum atomic E-state index is -0.164. The van der Waals surface area contributed by atoms with E-state index in [-0.39, 0.29) is 5.82 Å². The second kappa shape index (κ2) is 5.24. The molecular weight excluding hydrogens is 191 g/mol. The van der Waals surface area contributed by atoms with E-state index in [1.165, 1.54) is 17.7 Å². The van der Waals surface area contributed by atoms with Gasteiger partial charge in [0.25, 0.3) is 0 Å². The van der Waals surface area contributed by atoms with E-state index >= 15 is 0 Å². The summed E-state index contributed by atoms with van der Waals surface area (Å²) in [7, 11) is 0. The number of hydrogen-bond donors (Lipinski definition) is 1. The molecule has 0 amide bonds. The Bertz CT molecular complexity index is 291. The van der Waals surface area contributed by atoms with Crippen LogP contribution in [0.15, 0.2) is 24.3 Å². The molecule has 1 aliphatic heterocycles. The van der Waals surface area contributed by atoms with Crippen LogP contribution in [0, 0.1) is 5.82 Å². The first-order valence-corrected chi connectivity index (χ1v) is 5.46. The van der Waals surface area contributed by atoms with Crippen molar-refractivity contribution in [2.45, 2.75) is 18.9 Å². The summed E-state index contributed by atoms with van der Waals surface area (Å²) in [4.78, 5) is 0. The molecule has 1 radical (unpaired) electrons. The lowest BCUT2D eigenvalue weighted by molar-refractivity contribution is 0.392. The highest BCUT2D eigenvalue weighted by Gasteiger charge is 2.12. The van der Waals surface area contributed by atoms with Gasteiger partial charge in [0.05, 0.1) is 0 Å². The quantitative estimate of drug-likeness (QED) is 0.795. The van der Waals surface area contributed by atoms with Crippen molar-refractivity contribution in [3.8, 4) is 0 Å². The zero-order valence-corrected chi connectivity index (χ0v) is 8.75. The van der Waals surface area contributed by atoms with Crippen molar-refractivity contribution in [3.05, 3.63) is 35.6 Å². The van der Waals surface area contributed by atoms with Gasteiger partial charge in [0, 0.05) is 25.7 Å². The Morgan fingerprint density at radius 3 is 2.80 bits per heavy atom. The molecule has 1 atom stereocenters. The minimum absolute atomic E-state index is 0.164. The summed E-state index contributed by atoms with van der Waals surface area (Å²) >= 11 is 0. The van der Waals surface area contributed by atoms with Gasteiger partial charge in [-0.05, 0) is 30.5 Å². The van der Waals surface area contributed by atoms with Crippen molar-refractivity contribution in [2.24, 2.45) is 0 Å². The molecule has 0 aromatic heterocycles. The first kappa shape index (κ1) is 10.6. The fourth-order valence-corrected chi connectivity index (χ4v) is 1.84. The van der Waals surface area contributed by atoms with Gasteiger partial charge in [0.1, 0.15) is 5.82 Å². The molecule has 81 valence electrons. The third kappa shape index (κ3) is 3.29. The molecule has 0 bridgehead atoms. The average molecular weight is 207 g/mol. The molecule has 2 rings (SSSR count). The van der Waals surface area contributed by atoms with Crippen molar-refractivity contribution in [2.75, 3.05) is 19.6 Å². The molecule has 15 heavy (non-hydrogen) atoms. The number of halogens is 1. The zero-order valence-electron chi connectivity index (χ0n) is 8.75. The molecule has 0 aliphatic carbocycles. The van der Waals surface area contributed by atoms with E-state index in [9.17, 15) is 4.39 Å². The Morgan fingerprint density at radius 1 is 1.33 bits per heavy atom. The summed E-state index contributed by atoms with van der Waals surface area (Å²) in [6.07, 6.45) is 2.04. The summed E-state index contributed by atoms with van der Waals surface area (Å²) in [5.41, 5.74) is 1.19. The van der Waals surface area contributed by atoms with Crippen molar-refractivity contribution in [1.29, 1.82) is 0 Å². The maximum Gasteiger partial charge on any atom is 0.123 e. The molecule has 1 aliphatic rings. The summed E-state index contributed by atoms with van der Waals surface area (Å²) < 4.78 is 12.7. The Morgan fingerprint density at radius 2 is 2.13 bits per heavy atom. The monoisotopic (exact) mass is 207 g/mol. The van der Waals surface area contributed by atoms with E-state index in [4.69, 9.17) is 0 Å². The first-order valence-electron chi connectivity index (χ1n) is 5.46. The molecule has 1 aromatic rings. The van der Waals surface area contributed by atoms with Crippen molar-refractivity contribution in [1.82, 2.24) is 10.6 Å². The second-order valence-corrected chi connectivity index (χ2v) is 3.93. The minimum Gasteiger partial charge on any atom is -0.314 e. The Kier molecular flexibility index (Phi) is 3.69. The summed E-state index contributed by atoms with van der Waals surface area (Å²) in [6, 6.07) is 7.18. The van der Waals surface area contributed by atoms with Gasteiger partial charge in [-0.2, -0.15) is 0 Å². The van der Waals surface area contributed by atoms with E-state index < -0.39 is 0 Å². The molecule has 0 spiro atoms. The van der Waals surface area contributed by atoms with E-state index in [2.05, 4.69) is 10.6 Å². The van der Waals surface area contributed by atoms with E-state index in [0.29, 0.717) is 6.04 Å². The maximum absolute atomic E-state index is 12.7. The van der Waals surface area contributed by atoms with Crippen LogP contribution in [0.25, 0.3) is 0 Å². The average Bonchev–Trinajstić information content (AvgIpc) is 2.30. The summed E-state index contributed by atoms with van der Waals surface area (Å²) in [5.74, 6) is -0.164. The predicted molar refractivity (Wildman–Crippen MR) is 58.4 cm³/mol. The molecule has 1 N–H and O–H groups in total. The Hall–Kier alpha value is -0.930. The topological polar surface area (TPSA) is 26.1 Å². The van der Waals surface area contributed by atoms with Crippen LogP contribution in [0.3, 0.4) is 0 Å². The van der Waals surface area contributed by atoms with Gasteiger partial charge in [-0.25, -0.2) is 9.71 Å². The number of aryl methyl sites for hydroxylation is 1. The Labute approximate surface area is 89.9 Å². The summed E-state index contributed by atoms with van der Waals surface area (Å²) in [5, 5.41) is 7.85. The number of piperazine rings is 1. The van der Waals surface area contributed by atoms with Crippen LogP contribution in [0.2, 0.25) is 0 Å². The third-order valence-corrected chi connectivity index (χ3v) is 2.74. The van der Waals surface area contributed by atoms with Crippen LogP contribution in [-0.4, -0.2) is 25.7 Å². The highest BCUT2D eigenvalue weighted by molar-refractivity contribution is 5.16. The highest BCUT2D eigenvalue weighted by atomic mass is 19.1. The van der Waals surface area contributed by atoms with Gasteiger partial charge < -0.3 is 5.32 Å². The fraction of sp³-hybridized carbons (Fsp3) is 0.500. The van der Waals surface area contributed by atoms with Gasteiger partial charge in [-0.3, -0.25) is 0 Å². The highest BCUT2D eigenvalue weighted by Crippen LogP contribution is 2.08. The molecular formula is C12H16FN2. The Balaban J connectivity index is 1.79. The van der Waals surface area contributed by atoms with E-state index in [0.717, 1.165) is 32.5 Å². The number of hydrogen-bond acceptors (Lipinski definition) is 1. The third-order valence-electron chi connectivity index (χ3n) is 2.74. The maximum atomic E-state index is 12.7. The second-order valence-electron chi connectivity index (χ2n) is 3.93. The number of rotatable bonds is 3. The number of nitrogens with one attached hydrogen (secondary N) is 1. The van der Waals surface area contributed by atoms with Crippen molar-refractivity contribution >= 4 is 0 Å². The smallest absolute Gasteiger partial charge is 0.123 e.